The van der Waals surface area contributed by atoms with Gasteiger partial charge in [-0.2, -0.15) is 0 Å². The van der Waals surface area contributed by atoms with Crippen LogP contribution >= 0.6 is 0 Å². The molecule has 0 heterocycles. The summed E-state index contributed by atoms with van der Waals surface area (Å²) in [5.41, 5.74) is 3.61. The molecule has 0 aromatic heterocycles. The van der Waals surface area contributed by atoms with Crippen LogP contribution in [0.25, 0.3) is 11.1 Å². The summed E-state index contributed by atoms with van der Waals surface area (Å²) in [7, 11) is -1.78. The van der Waals surface area contributed by atoms with Gasteiger partial charge in [-0.15, -0.1) is 0 Å². The van der Waals surface area contributed by atoms with Gasteiger partial charge >= 0.3 is 7.32 Å². The second-order valence-electron chi connectivity index (χ2n) is 5.83. The lowest BCUT2D eigenvalue weighted by Crippen LogP contribution is -2.20. The van der Waals surface area contributed by atoms with Crippen molar-refractivity contribution in [3.8, 4) is 16.9 Å². The lowest BCUT2D eigenvalue weighted by Gasteiger charge is -2.07. The molecule has 122 valence electrons. The van der Waals surface area contributed by atoms with E-state index in [1.165, 1.54) is 37.7 Å². The molecule has 23 heavy (non-hydrogen) atoms. The molecule has 0 spiro atoms. The fourth-order valence-corrected chi connectivity index (χ4v) is 2.64. The fraction of sp³-hybridized carbons (Fsp3) is 0.368. The van der Waals surface area contributed by atoms with Crippen molar-refractivity contribution in [2.24, 2.45) is 0 Å². The highest BCUT2D eigenvalue weighted by atomic mass is 16.6. The van der Waals surface area contributed by atoms with Crippen LogP contribution in [-0.4, -0.2) is 17.4 Å². The fourth-order valence-electron chi connectivity index (χ4n) is 2.64. The standard InChI is InChI=1S/C19H25BO3/c1-2-3-4-5-6-7-16-8-10-17(11-9-16)18-12-14-19(15-13-18)23-20(21)22/h8-15,21-22H,2-7H2,1H3. The second-order valence-corrected chi connectivity index (χ2v) is 5.83. The Bertz CT molecular complexity index is 564. The molecule has 0 aliphatic heterocycles. The molecular formula is C19H25BO3. The molecule has 0 saturated carbocycles. The molecule has 4 heteroatoms. The Hall–Kier alpha value is -1.78. The van der Waals surface area contributed by atoms with E-state index < -0.39 is 7.32 Å². The van der Waals surface area contributed by atoms with Crippen LogP contribution in [0.3, 0.4) is 0 Å². The minimum Gasteiger partial charge on any atom is -0.512 e. The van der Waals surface area contributed by atoms with Crippen molar-refractivity contribution in [1.82, 2.24) is 0 Å². The van der Waals surface area contributed by atoms with Crippen molar-refractivity contribution in [2.45, 2.75) is 45.4 Å². The van der Waals surface area contributed by atoms with E-state index >= 15 is 0 Å². The molecule has 2 aromatic rings. The van der Waals surface area contributed by atoms with E-state index in [9.17, 15) is 0 Å². The van der Waals surface area contributed by atoms with Crippen molar-refractivity contribution >= 4 is 7.32 Å². The first-order valence-electron chi connectivity index (χ1n) is 8.41. The highest BCUT2D eigenvalue weighted by Crippen LogP contribution is 2.23. The summed E-state index contributed by atoms with van der Waals surface area (Å²) in [5, 5.41) is 17.5. The Morgan fingerprint density at radius 2 is 1.35 bits per heavy atom. The van der Waals surface area contributed by atoms with E-state index in [1.54, 1.807) is 12.1 Å². The Labute approximate surface area is 139 Å². The number of aryl methyl sites for hydroxylation is 1. The first-order valence-corrected chi connectivity index (χ1v) is 8.41. The molecule has 0 fully saturated rings. The number of hydrogen-bond acceptors (Lipinski definition) is 3. The van der Waals surface area contributed by atoms with Crippen LogP contribution in [0, 0.1) is 0 Å². The first kappa shape index (κ1) is 17.6. The van der Waals surface area contributed by atoms with Gasteiger partial charge in [0.1, 0.15) is 5.75 Å². The third-order valence-electron chi connectivity index (χ3n) is 3.95. The Morgan fingerprint density at radius 3 is 1.91 bits per heavy atom. The van der Waals surface area contributed by atoms with Crippen LogP contribution < -0.4 is 4.65 Å². The third kappa shape index (κ3) is 6.09. The smallest absolute Gasteiger partial charge is 0.512 e. The molecule has 0 unspecified atom stereocenters. The molecule has 2 aromatic carbocycles. The molecule has 2 N–H and O–H groups in total. The van der Waals surface area contributed by atoms with Crippen LogP contribution in [0.5, 0.6) is 5.75 Å². The van der Waals surface area contributed by atoms with Gasteiger partial charge < -0.3 is 14.7 Å². The zero-order valence-electron chi connectivity index (χ0n) is 13.7. The van der Waals surface area contributed by atoms with Gasteiger partial charge in [-0.25, -0.2) is 0 Å². The largest absolute Gasteiger partial charge is 0.707 e. The number of rotatable bonds is 9. The van der Waals surface area contributed by atoms with Gasteiger partial charge in [0.25, 0.3) is 0 Å². The Balaban J connectivity index is 1.88. The van der Waals surface area contributed by atoms with Crippen molar-refractivity contribution in [3.05, 3.63) is 54.1 Å². The maximum Gasteiger partial charge on any atom is 0.707 e. The predicted octanol–water partition coefficient (Wildman–Crippen LogP) is 4.21. The molecule has 0 radical (unpaired) electrons. The van der Waals surface area contributed by atoms with Gasteiger partial charge in [-0.1, -0.05) is 69.0 Å². The van der Waals surface area contributed by atoms with Gasteiger partial charge in [-0.3, -0.25) is 0 Å². The molecule has 0 aliphatic rings. The number of unbranched alkanes of at least 4 members (excludes halogenated alkanes) is 4. The first-order chi connectivity index (χ1) is 11.2. The molecule has 0 bridgehead atoms. The van der Waals surface area contributed by atoms with E-state index in [-0.39, 0.29) is 0 Å². The topological polar surface area (TPSA) is 49.7 Å². The van der Waals surface area contributed by atoms with Crippen LogP contribution in [0.1, 0.15) is 44.6 Å². The second kappa shape index (κ2) is 9.38. The molecule has 3 nitrogen and oxygen atoms in total. The van der Waals surface area contributed by atoms with Crippen molar-refractivity contribution in [3.63, 3.8) is 0 Å². The monoisotopic (exact) mass is 312 g/mol. The summed E-state index contributed by atoms with van der Waals surface area (Å²) in [4.78, 5) is 0. The average molecular weight is 312 g/mol. The van der Waals surface area contributed by atoms with E-state index in [1.807, 2.05) is 12.1 Å². The molecule has 0 aliphatic carbocycles. The quantitative estimate of drug-likeness (QED) is 0.538. The van der Waals surface area contributed by atoms with E-state index in [4.69, 9.17) is 14.7 Å². The minimum absolute atomic E-state index is 0.437. The van der Waals surface area contributed by atoms with E-state index in [0.29, 0.717) is 5.75 Å². The highest BCUT2D eigenvalue weighted by Gasteiger charge is 2.10. The van der Waals surface area contributed by atoms with Crippen molar-refractivity contribution < 1.29 is 14.7 Å². The predicted molar refractivity (Wildman–Crippen MR) is 95.2 cm³/mol. The zero-order valence-corrected chi connectivity index (χ0v) is 13.7. The summed E-state index contributed by atoms with van der Waals surface area (Å²) >= 11 is 0. The number of hydrogen-bond donors (Lipinski definition) is 2. The summed E-state index contributed by atoms with van der Waals surface area (Å²) in [6.07, 6.45) is 7.68. The summed E-state index contributed by atoms with van der Waals surface area (Å²) in [6, 6.07) is 16.0. The van der Waals surface area contributed by atoms with Crippen LogP contribution in [0.4, 0.5) is 0 Å². The SMILES string of the molecule is CCCCCCCc1ccc(-c2ccc(OB(O)O)cc2)cc1. The summed E-state index contributed by atoms with van der Waals surface area (Å²) < 4.78 is 4.81. The minimum atomic E-state index is -1.78. The van der Waals surface area contributed by atoms with Gasteiger partial charge in [0.2, 0.25) is 0 Å². The summed E-state index contributed by atoms with van der Waals surface area (Å²) in [6.45, 7) is 2.24. The van der Waals surface area contributed by atoms with Crippen LogP contribution in [-0.2, 0) is 6.42 Å². The maximum atomic E-state index is 8.77. The normalized spacial score (nSPS) is 10.6. The lowest BCUT2D eigenvalue weighted by atomic mass is 10.0. The zero-order chi connectivity index (χ0) is 16.5. The van der Waals surface area contributed by atoms with Gasteiger partial charge in [0, 0.05) is 0 Å². The van der Waals surface area contributed by atoms with Gasteiger partial charge in [0.05, 0.1) is 0 Å². The van der Waals surface area contributed by atoms with Crippen LogP contribution in [0.2, 0.25) is 0 Å². The molecule has 0 atom stereocenters. The van der Waals surface area contributed by atoms with Crippen molar-refractivity contribution in [1.29, 1.82) is 0 Å². The Morgan fingerprint density at radius 1 is 0.783 bits per heavy atom. The molecule has 0 amide bonds. The highest BCUT2D eigenvalue weighted by molar-refractivity contribution is 6.33. The molecular weight excluding hydrogens is 287 g/mol. The average Bonchev–Trinajstić information content (AvgIpc) is 2.55. The Kier molecular flexibility index (Phi) is 7.17. The number of benzene rings is 2. The van der Waals surface area contributed by atoms with E-state index in [0.717, 1.165) is 17.5 Å². The molecule has 0 saturated heterocycles. The van der Waals surface area contributed by atoms with E-state index in [2.05, 4.69) is 31.2 Å². The van der Waals surface area contributed by atoms with Crippen molar-refractivity contribution in [2.75, 3.05) is 0 Å². The van der Waals surface area contributed by atoms with Crippen LogP contribution in [0.15, 0.2) is 48.5 Å². The van der Waals surface area contributed by atoms with Gasteiger partial charge in [0.15, 0.2) is 0 Å². The maximum absolute atomic E-state index is 8.77. The lowest BCUT2D eigenvalue weighted by molar-refractivity contribution is 0.288. The third-order valence-corrected chi connectivity index (χ3v) is 3.95. The summed E-state index contributed by atoms with van der Waals surface area (Å²) in [5.74, 6) is 0.437. The van der Waals surface area contributed by atoms with Gasteiger partial charge in [-0.05, 0) is 41.7 Å². The molecule has 2 rings (SSSR count).